The third kappa shape index (κ3) is 11.5. The third-order valence-corrected chi connectivity index (χ3v) is 13.6. The van der Waals surface area contributed by atoms with Crippen molar-refractivity contribution >= 4 is 68.6 Å². The van der Waals surface area contributed by atoms with E-state index in [9.17, 15) is 39.3 Å². The first-order valence-electron chi connectivity index (χ1n) is 24.2. The summed E-state index contributed by atoms with van der Waals surface area (Å²) in [6, 6.07) is 15.4. The maximum absolute atomic E-state index is 17.1. The van der Waals surface area contributed by atoms with Gasteiger partial charge in [0.2, 0.25) is 18.1 Å². The number of piperidine rings is 2. The fourth-order valence-electron chi connectivity index (χ4n) is 9.70. The van der Waals surface area contributed by atoms with Crippen molar-refractivity contribution in [3.05, 3.63) is 82.6 Å². The normalized spacial score (nSPS) is 18.3. The number of anilines is 1. The number of benzene rings is 4. The molecule has 0 spiro atoms. The lowest BCUT2D eigenvalue weighted by Crippen LogP contribution is -2.54. The summed E-state index contributed by atoms with van der Waals surface area (Å²) >= 11 is 6.88. The van der Waals surface area contributed by atoms with E-state index in [0.717, 1.165) is 30.8 Å². The van der Waals surface area contributed by atoms with E-state index in [1.165, 1.54) is 23.1 Å². The van der Waals surface area contributed by atoms with E-state index >= 15 is 4.39 Å². The van der Waals surface area contributed by atoms with Crippen LogP contribution in [0.3, 0.4) is 0 Å². The highest BCUT2D eigenvalue weighted by molar-refractivity contribution is 6.35. The lowest BCUT2D eigenvalue weighted by atomic mass is 9.96. The molecule has 5 amide bonds. The number of piperazine rings is 1. The third-order valence-electron chi connectivity index (χ3n) is 13.3. The van der Waals surface area contributed by atoms with Crippen molar-refractivity contribution < 1.29 is 67.4 Å². The predicted octanol–water partition coefficient (Wildman–Crippen LogP) is 3.67. The van der Waals surface area contributed by atoms with Gasteiger partial charge in [-0.2, -0.15) is 9.97 Å². The topological polar surface area (TPSA) is 243 Å². The second-order valence-electron chi connectivity index (χ2n) is 18.2. The molecule has 0 saturated carbocycles. The number of ether oxygens (including phenoxy) is 5. The Morgan fingerprint density at radius 3 is 2.27 bits per heavy atom. The number of halogens is 2. The molecule has 4 aromatic carbocycles. The van der Waals surface area contributed by atoms with Gasteiger partial charge in [0.15, 0.2) is 5.82 Å². The van der Waals surface area contributed by atoms with Crippen molar-refractivity contribution in [1.82, 2.24) is 30.0 Å². The van der Waals surface area contributed by atoms with Crippen LogP contribution in [0.2, 0.25) is 5.02 Å². The number of fused-ring (bicyclic) bond motifs is 3. The Bertz CT molecular complexity index is 2910. The maximum Gasteiger partial charge on any atom is 0.319 e. The zero-order chi connectivity index (χ0) is 51.3. The van der Waals surface area contributed by atoms with Gasteiger partial charge in [-0.1, -0.05) is 35.9 Å². The number of likely N-dealkylation sites (tertiary alicyclic amines) is 1. The molecule has 1 unspecified atom stereocenters. The van der Waals surface area contributed by atoms with Crippen molar-refractivity contribution in [2.24, 2.45) is 0 Å². The van der Waals surface area contributed by atoms with Gasteiger partial charge in [0.25, 0.3) is 17.7 Å². The maximum atomic E-state index is 17.1. The minimum Gasteiger partial charge on any atom is -0.508 e. The van der Waals surface area contributed by atoms with Gasteiger partial charge in [-0.3, -0.25) is 39.1 Å². The van der Waals surface area contributed by atoms with Crippen LogP contribution >= 0.6 is 11.6 Å². The molecule has 4 N–H and O–H groups in total. The minimum atomic E-state index is -2.13. The Morgan fingerprint density at radius 2 is 1.53 bits per heavy atom. The van der Waals surface area contributed by atoms with Crippen molar-refractivity contribution in [1.29, 1.82) is 0 Å². The van der Waals surface area contributed by atoms with Gasteiger partial charge in [0, 0.05) is 63.2 Å². The highest BCUT2D eigenvalue weighted by atomic mass is 35.5. The number of nitrogens with zero attached hydrogens (tertiary/aromatic N) is 6. The van der Waals surface area contributed by atoms with Gasteiger partial charge < -0.3 is 48.8 Å². The number of nitrogens with one attached hydrogen (secondary N) is 1. The molecule has 3 saturated heterocycles. The molecule has 0 radical (unpaired) electrons. The molecule has 1 aromatic heterocycles. The first-order valence-corrected chi connectivity index (χ1v) is 24.6. The summed E-state index contributed by atoms with van der Waals surface area (Å²) in [4.78, 5) is 77.9. The molecule has 386 valence electrons. The molecular formula is C51H55ClFN7O13. The molecule has 0 aliphatic carbocycles. The lowest BCUT2D eigenvalue weighted by Gasteiger charge is -2.36. The van der Waals surface area contributed by atoms with Gasteiger partial charge in [-0.15, -0.1) is 0 Å². The van der Waals surface area contributed by atoms with Gasteiger partial charge in [0.05, 0.1) is 55.3 Å². The fourth-order valence-corrected chi connectivity index (χ4v) is 9.99. The first kappa shape index (κ1) is 51.3. The van der Waals surface area contributed by atoms with Crippen LogP contribution in [0.15, 0.2) is 60.7 Å². The fraction of sp³-hybridized carbons (Fsp3) is 0.431. The summed E-state index contributed by atoms with van der Waals surface area (Å²) in [5.74, 6) is -3.19. The molecule has 73 heavy (non-hydrogen) atoms. The number of phenolic OH excluding ortho intramolecular Hbond substituents is 1. The van der Waals surface area contributed by atoms with E-state index in [4.69, 9.17) is 40.3 Å². The molecule has 4 aliphatic rings. The summed E-state index contributed by atoms with van der Waals surface area (Å²) in [7, 11) is 0. The van der Waals surface area contributed by atoms with E-state index < -0.39 is 53.8 Å². The molecule has 2 atom stereocenters. The number of hydrogen-bond donors (Lipinski definition) is 4. The highest BCUT2D eigenvalue weighted by Gasteiger charge is 2.45. The van der Waals surface area contributed by atoms with Crippen LogP contribution in [0.5, 0.6) is 17.5 Å². The van der Waals surface area contributed by atoms with Crippen molar-refractivity contribution in [3.63, 3.8) is 0 Å². The van der Waals surface area contributed by atoms with E-state index in [1.54, 1.807) is 18.2 Å². The summed E-state index contributed by atoms with van der Waals surface area (Å²) in [6.07, 6.45) is -0.794. The Balaban J connectivity index is 0.722. The number of imide groups is 2. The largest absolute Gasteiger partial charge is 0.508 e. The van der Waals surface area contributed by atoms with Crippen molar-refractivity contribution in [2.45, 2.75) is 57.1 Å². The Labute approximate surface area is 423 Å². The minimum absolute atomic E-state index is 0.0398. The van der Waals surface area contributed by atoms with Crippen LogP contribution in [0, 0.1) is 5.82 Å². The van der Waals surface area contributed by atoms with Crippen LogP contribution in [0.1, 0.15) is 53.3 Å². The Hall–Kier alpha value is -6.59. The zero-order valence-electron chi connectivity index (χ0n) is 40.0. The average Bonchev–Trinajstić information content (AvgIpc) is 3.61. The predicted molar refractivity (Wildman–Crippen MR) is 262 cm³/mol. The van der Waals surface area contributed by atoms with Gasteiger partial charge >= 0.3 is 6.01 Å². The van der Waals surface area contributed by atoms with E-state index in [-0.39, 0.29) is 97.3 Å². The number of aliphatic hydroxyl groups excluding tert-OH is 1. The molecule has 9 rings (SSSR count). The number of rotatable bonds is 19. The summed E-state index contributed by atoms with van der Waals surface area (Å²) in [5, 5.41) is 33.5. The van der Waals surface area contributed by atoms with Crippen molar-refractivity contribution in [2.75, 3.05) is 90.4 Å². The second kappa shape index (κ2) is 22.7. The molecule has 5 heterocycles. The Kier molecular flexibility index (Phi) is 15.9. The number of carbonyl (C=O) groups is 5. The van der Waals surface area contributed by atoms with E-state index in [0.29, 0.717) is 66.3 Å². The number of hydrogen-bond acceptors (Lipinski definition) is 17. The van der Waals surface area contributed by atoms with Gasteiger partial charge in [0.1, 0.15) is 41.6 Å². The number of carbonyl (C=O) groups excluding carboxylic acids is 5. The van der Waals surface area contributed by atoms with E-state index in [2.05, 4.69) is 15.2 Å². The average molecular weight is 1030 g/mol. The van der Waals surface area contributed by atoms with Crippen LogP contribution in [0.25, 0.3) is 32.8 Å². The van der Waals surface area contributed by atoms with Crippen molar-refractivity contribution in [3.8, 4) is 28.6 Å². The van der Waals surface area contributed by atoms with Gasteiger partial charge in [-0.25, -0.2) is 4.39 Å². The standard InChI is InChI=1S/C51H55ClFN7O13/c1-29(28-57-12-10-32(11-13-57)71-22-20-69-18-19-70-21-23-72-33-6-7-35-37(26-33)48(65)60(47(35)64)40-8-9-41(62)54-46(40)63)73-51-55-44-38(45(56-51)58-14-16-59(17-15-58)49(66)50(67)68)27-39(52)42(43(44)53)36-25-31(61)24-30-4-2-3-5-34(30)36/h2-7,24-27,29,32,40,50,61,67-68H,8-23,28H2,1H3,(H,54,62,63)/t29-,40?/m1/s1. The van der Waals surface area contributed by atoms with Crippen LogP contribution in [-0.4, -0.2) is 180 Å². The first-order chi connectivity index (χ1) is 35.2. The molecular weight excluding hydrogens is 973 g/mol. The molecule has 0 bridgehead atoms. The van der Waals surface area contributed by atoms with Gasteiger partial charge in [-0.05, 0) is 78.9 Å². The monoisotopic (exact) mass is 1030 g/mol. The quantitative estimate of drug-likeness (QED) is 0.0524. The number of phenols is 1. The SMILES string of the molecule is C[C@H](CN1CCC(OCCOCCOCCOc2ccc3c(c2)C(=O)N(C2CCC(=O)NC2=O)C3=O)CC1)Oc1nc(N2CCN(C(=O)C(O)O)CC2)c2cc(Cl)c(-c3cc(O)cc4ccccc34)c(F)c2n1. The molecule has 5 aromatic rings. The molecule has 4 aliphatic heterocycles. The lowest BCUT2D eigenvalue weighted by molar-refractivity contribution is -0.159. The second-order valence-corrected chi connectivity index (χ2v) is 18.6. The number of aliphatic hydroxyl groups is 2. The zero-order valence-corrected chi connectivity index (χ0v) is 40.7. The molecule has 22 heteroatoms. The number of aromatic nitrogens is 2. The highest BCUT2D eigenvalue weighted by Crippen LogP contribution is 2.43. The summed E-state index contributed by atoms with van der Waals surface area (Å²) < 4.78 is 46.6. The molecule has 20 nitrogen and oxygen atoms in total. The molecule has 3 fully saturated rings. The summed E-state index contributed by atoms with van der Waals surface area (Å²) in [5.41, 5.74) is 0.707. The Morgan fingerprint density at radius 1 is 0.822 bits per heavy atom. The van der Waals surface area contributed by atoms with Crippen LogP contribution in [0.4, 0.5) is 10.2 Å². The van der Waals surface area contributed by atoms with E-state index in [1.807, 2.05) is 36.1 Å². The number of aromatic hydroxyl groups is 1. The van der Waals surface area contributed by atoms with Crippen LogP contribution < -0.4 is 19.7 Å². The summed E-state index contributed by atoms with van der Waals surface area (Å²) in [6.45, 7) is 6.64. The number of amides is 5. The van der Waals surface area contributed by atoms with Crippen LogP contribution in [-0.2, 0) is 28.6 Å². The smallest absolute Gasteiger partial charge is 0.319 e.